The number of nitrogens with one attached hydrogen (secondary N) is 1. The molecule has 1 aromatic carbocycles. The topological polar surface area (TPSA) is 67.3 Å². The van der Waals surface area contributed by atoms with Gasteiger partial charge in [-0.1, -0.05) is 24.3 Å². The molecule has 3 heterocycles. The number of ether oxygens (including phenoxy) is 1. The fourth-order valence-electron chi connectivity index (χ4n) is 4.27. The molecular formula is C23H28N4O2. The maximum atomic E-state index is 12.1. The number of Topliss-reactive ketones (excluding diaryl/α,β-unsaturated/α-hetero) is 1. The van der Waals surface area contributed by atoms with E-state index in [0.717, 1.165) is 67.7 Å². The zero-order valence-corrected chi connectivity index (χ0v) is 17.0. The van der Waals surface area contributed by atoms with Gasteiger partial charge in [0.15, 0.2) is 5.82 Å². The van der Waals surface area contributed by atoms with Gasteiger partial charge in [0, 0.05) is 43.6 Å². The van der Waals surface area contributed by atoms with Gasteiger partial charge in [-0.25, -0.2) is 9.97 Å². The quantitative estimate of drug-likeness (QED) is 0.815. The molecule has 6 nitrogen and oxygen atoms in total. The maximum Gasteiger partial charge on any atom is 0.161 e. The Kier molecular flexibility index (Phi) is 5.06. The summed E-state index contributed by atoms with van der Waals surface area (Å²) >= 11 is 0. The van der Waals surface area contributed by atoms with Crippen molar-refractivity contribution in [3.8, 4) is 11.4 Å². The molecule has 1 saturated carbocycles. The summed E-state index contributed by atoms with van der Waals surface area (Å²) in [5.41, 5.74) is 4.38. The van der Waals surface area contributed by atoms with Crippen LogP contribution in [-0.4, -0.2) is 41.6 Å². The van der Waals surface area contributed by atoms with E-state index in [1.54, 1.807) is 0 Å². The highest BCUT2D eigenvalue weighted by Gasteiger charge is 2.28. The van der Waals surface area contributed by atoms with Gasteiger partial charge in [0.05, 0.1) is 24.9 Å². The third kappa shape index (κ3) is 4.05. The van der Waals surface area contributed by atoms with Crippen molar-refractivity contribution >= 4 is 11.6 Å². The summed E-state index contributed by atoms with van der Waals surface area (Å²) in [5, 5.41) is 3.41. The molecule has 6 heteroatoms. The van der Waals surface area contributed by atoms with Crippen LogP contribution in [0.25, 0.3) is 11.4 Å². The minimum Gasteiger partial charge on any atom is -0.377 e. The van der Waals surface area contributed by atoms with Crippen LogP contribution >= 0.6 is 0 Å². The zero-order chi connectivity index (χ0) is 19.8. The predicted molar refractivity (Wildman–Crippen MR) is 112 cm³/mol. The van der Waals surface area contributed by atoms with E-state index in [1.807, 2.05) is 12.1 Å². The number of anilines is 1. The smallest absolute Gasteiger partial charge is 0.161 e. The molecule has 1 aromatic heterocycles. The molecular weight excluding hydrogens is 364 g/mol. The molecule has 0 radical (unpaired) electrons. The van der Waals surface area contributed by atoms with Gasteiger partial charge < -0.3 is 15.0 Å². The lowest BCUT2D eigenvalue weighted by Crippen LogP contribution is -2.44. The van der Waals surface area contributed by atoms with Crippen molar-refractivity contribution < 1.29 is 9.53 Å². The van der Waals surface area contributed by atoms with Crippen LogP contribution in [0.5, 0.6) is 0 Å². The Morgan fingerprint density at radius 1 is 1.21 bits per heavy atom. The zero-order valence-electron chi connectivity index (χ0n) is 17.0. The highest BCUT2D eigenvalue weighted by Crippen LogP contribution is 2.33. The number of aromatic nitrogens is 2. The predicted octanol–water partition coefficient (Wildman–Crippen LogP) is 2.88. The Morgan fingerprint density at radius 3 is 2.79 bits per heavy atom. The van der Waals surface area contributed by atoms with Crippen LogP contribution in [-0.2, 0) is 29.0 Å². The van der Waals surface area contributed by atoms with Gasteiger partial charge in [-0.3, -0.25) is 4.79 Å². The molecule has 1 N–H and O–H groups in total. The van der Waals surface area contributed by atoms with Gasteiger partial charge in [0.2, 0.25) is 0 Å². The molecule has 2 aliphatic heterocycles. The lowest BCUT2D eigenvalue weighted by molar-refractivity contribution is -0.118. The fourth-order valence-corrected chi connectivity index (χ4v) is 4.27. The largest absolute Gasteiger partial charge is 0.377 e. The number of carbonyl (C=O) groups excluding carboxylic acids is 1. The van der Waals surface area contributed by atoms with E-state index >= 15 is 0 Å². The molecule has 1 aliphatic carbocycles. The molecule has 152 valence electrons. The summed E-state index contributed by atoms with van der Waals surface area (Å²) in [4.78, 5) is 24.3. The van der Waals surface area contributed by atoms with Crippen LogP contribution in [0.15, 0.2) is 24.3 Å². The SMILES string of the molecule is C[C@@H]1COCCN1c1nc(-c2ccc(CC(=O)CC3CC3)cc2)nc2c1CNC2. The molecule has 5 rings (SSSR count). The van der Waals surface area contributed by atoms with Gasteiger partial charge in [-0.2, -0.15) is 0 Å². The summed E-state index contributed by atoms with van der Waals surface area (Å²) in [6.07, 6.45) is 3.71. The maximum absolute atomic E-state index is 12.1. The van der Waals surface area contributed by atoms with E-state index < -0.39 is 0 Å². The molecule has 0 amide bonds. The van der Waals surface area contributed by atoms with Crippen molar-refractivity contribution in [3.05, 3.63) is 41.1 Å². The second-order valence-electron chi connectivity index (χ2n) is 8.58. The van der Waals surface area contributed by atoms with Gasteiger partial charge in [0.25, 0.3) is 0 Å². The number of benzene rings is 1. The highest BCUT2D eigenvalue weighted by atomic mass is 16.5. The van der Waals surface area contributed by atoms with E-state index in [2.05, 4.69) is 29.3 Å². The first kappa shape index (κ1) is 18.7. The number of rotatable bonds is 6. The van der Waals surface area contributed by atoms with Crippen molar-refractivity contribution in [1.29, 1.82) is 0 Å². The summed E-state index contributed by atoms with van der Waals surface area (Å²) in [5.74, 6) is 2.80. The lowest BCUT2D eigenvalue weighted by atomic mass is 10.0. The average Bonchev–Trinajstić information content (AvgIpc) is 3.40. The normalized spacial score (nSPS) is 21.3. The Labute approximate surface area is 171 Å². The molecule has 1 saturated heterocycles. The number of hydrogen-bond donors (Lipinski definition) is 1. The van der Waals surface area contributed by atoms with Gasteiger partial charge in [-0.05, 0) is 31.2 Å². The summed E-state index contributed by atoms with van der Waals surface area (Å²) in [7, 11) is 0. The minimum atomic E-state index is 0.302. The summed E-state index contributed by atoms with van der Waals surface area (Å²) in [6.45, 7) is 6.09. The molecule has 3 aliphatic rings. The minimum absolute atomic E-state index is 0.302. The Balaban J connectivity index is 1.40. The summed E-state index contributed by atoms with van der Waals surface area (Å²) < 4.78 is 5.61. The number of morpholine rings is 1. The fraction of sp³-hybridized carbons (Fsp3) is 0.522. The van der Waals surface area contributed by atoms with Crippen molar-refractivity contribution in [2.75, 3.05) is 24.7 Å². The number of nitrogens with zero attached hydrogens (tertiary/aromatic N) is 3. The monoisotopic (exact) mass is 392 g/mol. The Bertz CT molecular complexity index is 908. The second kappa shape index (κ2) is 7.84. The second-order valence-corrected chi connectivity index (χ2v) is 8.58. The molecule has 29 heavy (non-hydrogen) atoms. The van der Waals surface area contributed by atoms with Crippen molar-refractivity contribution in [3.63, 3.8) is 0 Å². The standard InChI is InChI=1S/C23H28N4O2/c1-15-14-29-9-8-27(15)23-20-12-24-13-21(20)25-22(26-23)18-6-4-17(5-7-18)11-19(28)10-16-2-3-16/h4-7,15-16,24H,2-3,8-14H2,1H3/t15-/m1/s1. The first-order valence-electron chi connectivity index (χ1n) is 10.7. The van der Waals surface area contributed by atoms with Gasteiger partial charge in [0.1, 0.15) is 11.6 Å². The van der Waals surface area contributed by atoms with E-state index in [-0.39, 0.29) is 0 Å². The average molecular weight is 393 g/mol. The van der Waals surface area contributed by atoms with Gasteiger partial charge in [-0.15, -0.1) is 0 Å². The molecule has 2 aromatic rings. The van der Waals surface area contributed by atoms with Gasteiger partial charge >= 0.3 is 0 Å². The number of hydrogen-bond acceptors (Lipinski definition) is 6. The van der Waals surface area contributed by atoms with Crippen molar-refractivity contribution in [1.82, 2.24) is 15.3 Å². The number of ketones is 1. The first-order valence-corrected chi connectivity index (χ1v) is 10.7. The Hall–Kier alpha value is -2.31. The van der Waals surface area contributed by atoms with Crippen LogP contribution in [0.2, 0.25) is 0 Å². The Morgan fingerprint density at radius 2 is 2.03 bits per heavy atom. The van der Waals surface area contributed by atoms with Crippen LogP contribution in [0, 0.1) is 5.92 Å². The number of carbonyl (C=O) groups is 1. The van der Waals surface area contributed by atoms with Crippen LogP contribution in [0.1, 0.15) is 43.0 Å². The molecule has 0 spiro atoms. The van der Waals surface area contributed by atoms with Crippen LogP contribution in [0.3, 0.4) is 0 Å². The molecule has 0 unspecified atom stereocenters. The van der Waals surface area contributed by atoms with Crippen LogP contribution in [0.4, 0.5) is 5.82 Å². The molecule has 2 fully saturated rings. The third-order valence-electron chi connectivity index (χ3n) is 6.13. The van der Waals surface area contributed by atoms with E-state index in [1.165, 1.54) is 18.4 Å². The first-order chi connectivity index (χ1) is 14.2. The van der Waals surface area contributed by atoms with E-state index in [4.69, 9.17) is 14.7 Å². The van der Waals surface area contributed by atoms with E-state index in [0.29, 0.717) is 24.2 Å². The highest BCUT2D eigenvalue weighted by molar-refractivity contribution is 5.81. The van der Waals surface area contributed by atoms with Crippen molar-refractivity contribution in [2.24, 2.45) is 5.92 Å². The van der Waals surface area contributed by atoms with Crippen LogP contribution < -0.4 is 10.2 Å². The van der Waals surface area contributed by atoms with Crippen molar-refractivity contribution in [2.45, 2.75) is 51.7 Å². The lowest BCUT2D eigenvalue weighted by Gasteiger charge is -2.35. The number of fused-ring (bicyclic) bond motifs is 1. The summed E-state index contributed by atoms with van der Waals surface area (Å²) in [6, 6.07) is 8.50. The molecule has 1 atom stereocenters. The van der Waals surface area contributed by atoms with E-state index in [9.17, 15) is 4.79 Å². The molecule has 0 bridgehead atoms. The third-order valence-corrected chi connectivity index (χ3v) is 6.13.